The zero-order chi connectivity index (χ0) is 9.10. The average Bonchev–Trinajstić information content (AvgIpc) is 2.67. The monoisotopic (exact) mass is 174 g/mol. The molecule has 0 unspecified atom stereocenters. The van der Waals surface area contributed by atoms with Crippen LogP contribution < -0.4 is 0 Å². The van der Waals surface area contributed by atoms with Gasteiger partial charge in [-0.15, -0.1) is 0 Å². The number of aromatic nitrogens is 2. The highest BCUT2D eigenvalue weighted by Gasteiger charge is 2.08. The third kappa shape index (κ3) is 1.45. The summed E-state index contributed by atoms with van der Waals surface area (Å²) in [4.78, 5) is 10.6. The molecule has 0 amide bonds. The normalized spacial score (nSPS) is 15.5. The molecule has 0 atom stereocenters. The summed E-state index contributed by atoms with van der Waals surface area (Å²) in [5, 5.41) is 6.73. The highest BCUT2D eigenvalue weighted by atomic mass is 16.1. The summed E-state index contributed by atoms with van der Waals surface area (Å²) in [6.45, 7) is 0. The highest BCUT2D eigenvalue weighted by Crippen LogP contribution is 2.21. The van der Waals surface area contributed by atoms with Crippen molar-refractivity contribution in [2.24, 2.45) is 0 Å². The van der Waals surface area contributed by atoms with E-state index >= 15 is 0 Å². The third-order valence-electron chi connectivity index (χ3n) is 2.07. The third-order valence-corrected chi connectivity index (χ3v) is 2.07. The Morgan fingerprint density at radius 3 is 3.08 bits per heavy atom. The molecule has 0 aliphatic heterocycles. The number of hydrogen-bond donors (Lipinski definition) is 1. The molecule has 0 fully saturated rings. The van der Waals surface area contributed by atoms with Crippen LogP contribution in [0, 0.1) is 0 Å². The summed E-state index contributed by atoms with van der Waals surface area (Å²) in [6.07, 6.45) is 10.7. The van der Waals surface area contributed by atoms with Crippen molar-refractivity contribution in [2.45, 2.75) is 12.8 Å². The summed E-state index contributed by atoms with van der Waals surface area (Å²) < 4.78 is 0. The number of aromatic amines is 1. The van der Waals surface area contributed by atoms with Gasteiger partial charge < -0.3 is 0 Å². The minimum atomic E-state index is 0.623. The number of nitrogens with zero attached hydrogens (tertiary/aromatic N) is 1. The van der Waals surface area contributed by atoms with E-state index in [1.807, 2.05) is 6.08 Å². The maximum atomic E-state index is 10.6. The fraction of sp³-hybridized carbons (Fsp3) is 0.200. The minimum absolute atomic E-state index is 0.623. The maximum Gasteiger partial charge on any atom is 0.153 e. The van der Waals surface area contributed by atoms with E-state index in [2.05, 4.69) is 22.3 Å². The predicted molar refractivity (Wildman–Crippen MR) is 50.3 cm³/mol. The Balaban J connectivity index is 2.39. The molecule has 0 radical (unpaired) electrons. The lowest BCUT2D eigenvalue weighted by atomic mass is 10.0. The minimum Gasteiger partial charge on any atom is -0.298 e. The number of aldehydes is 1. The van der Waals surface area contributed by atoms with Crippen molar-refractivity contribution >= 4 is 11.9 Å². The van der Waals surface area contributed by atoms with Crippen LogP contribution in [0.5, 0.6) is 0 Å². The molecule has 3 heteroatoms. The van der Waals surface area contributed by atoms with Crippen molar-refractivity contribution < 1.29 is 4.79 Å². The van der Waals surface area contributed by atoms with Crippen LogP contribution in [0.4, 0.5) is 0 Å². The van der Waals surface area contributed by atoms with Crippen molar-refractivity contribution in [1.82, 2.24) is 10.2 Å². The Bertz CT molecular complexity index is 374. The molecule has 1 heterocycles. The lowest BCUT2D eigenvalue weighted by molar-refractivity contribution is 0.112. The molecule has 1 aliphatic carbocycles. The summed E-state index contributed by atoms with van der Waals surface area (Å²) in [6, 6.07) is 0. The van der Waals surface area contributed by atoms with Crippen LogP contribution in [0.3, 0.4) is 0 Å². The molecule has 0 saturated carbocycles. The molecule has 1 N–H and O–H groups in total. The molecule has 0 spiro atoms. The van der Waals surface area contributed by atoms with Gasteiger partial charge in [0.2, 0.25) is 0 Å². The van der Waals surface area contributed by atoms with E-state index in [0.29, 0.717) is 5.56 Å². The Morgan fingerprint density at radius 2 is 2.38 bits per heavy atom. The molecule has 1 aliphatic rings. The van der Waals surface area contributed by atoms with Gasteiger partial charge >= 0.3 is 0 Å². The molecule has 2 rings (SSSR count). The van der Waals surface area contributed by atoms with Gasteiger partial charge in [0.25, 0.3) is 0 Å². The zero-order valence-electron chi connectivity index (χ0n) is 7.16. The van der Waals surface area contributed by atoms with Gasteiger partial charge in [0.1, 0.15) is 5.69 Å². The molecule has 0 bridgehead atoms. The van der Waals surface area contributed by atoms with E-state index in [1.54, 1.807) is 6.20 Å². The number of carbonyl (C=O) groups is 1. The molecule has 0 saturated heterocycles. The lowest BCUT2D eigenvalue weighted by Gasteiger charge is -2.03. The fourth-order valence-corrected chi connectivity index (χ4v) is 1.41. The van der Waals surface area contributed by atoms with Crippen LogP contribution >= 0.6 is 0 Å². The van der Waals surface area contributed by atoms with E-state index in [4.69, 9.17) is 0 Å². The maximum absolute atomic E-state index is 10.6. The van der Waals surface area contributed by atoms with Gasteiger partial charge in [-0.3, -0.25) is 9.89 Å². The zero-order valence-corrected chi connectivity index (χ0v) is 7.16. The summed E-state index contributed by atoms with van der Waals surface area (Å²) in [5.41, 5.74) is 2.42. The number of allylic oxidation sites excluding steroid dienone is 4. The largest absolute Gasteiger partial charge is 0.298 e. The van der Waals surface area contributed by atoms with E-state index in [9.17, 15) is 4.79 Å². The summed E-state index contributed by atoms with van der Waals surface area (Å²) >= 11 is 0. The lowest BCUT2D eigenvalue weighted by Crippen LogP contribution is -1.90. The van der Waals surface area contributed by atoms with Gasteiger partial charge in [-0.25, -0.2) is 0 Å². The van der Waals surface area contributed by atoms with Crippen LogP contribution in [0.25, 0.3) is 5.57 Å². The second-order valence-corrected chi connectivity index (χ2v) is 2.95. The topological polar surface area (TPSA) is 45.8 Å². The SMILES string of the molecule is O=Cc1c[nH]nc1C1=CCCC=C1. The van der Waals surface area contributed by atoms with E-state index in [1.165, 1.54) is 0 Å². The Kier molecular flexibility index (Phi) is 2.08. The summed E-state index contributed by atoms with van der Waals surface area (Å²) in [5.74, 6) is 0. The van der Waals surface area contributed by atoms with Crippen LogP contribution in [0.15, 0.2) is 24.4 Å². The first kappa shape index (κ1) is 7.98. The number of carbonyl (C=O) groups excluding carboxylic acids is 1. The van der Waals surface area contributed by atoms with Crippen molar-refractivity contribution in [3.63, 3.8) is 0 Å². The highest BCUT2D eigenvalue weighted by molar-refractivity contribution is 5.86. The van der Waals surface area contributed by atoms with E-state index in [-0.39, 0.29) is 0 Å². The first-order valence-electron chi connectivity index (χ1n) is 4.28. The Labute approximate surface area is 76.2 Å². The first-order valence-corrected chi connectivity index (χ1v) is 4.28. The van der Waals surface area contributed by atoms with Gasteiger partial charge in [0.05, 0.1) is 5.56 Å². The van der Waals surface area contributed by atoms with Crippen LogP contribution in [-0.4, -0.2) is 16.5 Å². The predicted octanol–water partition coefficient (Wildman–Crippen LogP) is 1.96. The van der Waals surface area contributed by atoms with Gasteiger partial charge in [0.15, 0.2) is 6.29 Å². The second-order valence-electron chi connectivity index (χ2n) is 2.95. The molecular formula is C10H10N2O. The molecule has 3 nitrogen and oxygen atoms in total. The average molecular weight is 174 g/mol. The Hall–Kier alpha value is -1.64. The number of hydrogen-bond acceptors (Lipinski definition) is 2. The number of H-pyrrole nitrogens is 1. The number of nitrogens with one attached hydrogen (secondary N) is 1. The Morgan fingerprint density at radius 1 is 1.46 bits per heavy atom. The van der Waals surface area contributed by atoms with Gasteiger partial charge in [-0.1, -0.05) is 18.2 Å². The molecule has 0 aromatic carbocycles. The fourth-order valence-electron chi connectivity index (χ4n) is 1.41. The van der Waals surface area contributed by atoms with Crippen molar-refractivity contribution in [1.29, 1.82) is 0 Å². The van der Waals surface area contributed by atoms with Crippen molar-refractivity contribution in [3.8, 4) is 0 Å². The standard InChI is InChI=1S/C10H10N2O/c13-7-9-6-11-12-10(9)8-4-2-1-3-5-8/h2,4-7H,1,3H2,(H,11,12). The van der Waals surface area contributed by atoms with Gasteiger partial charge in [-0.2, -0.15) is 5.10 Å². The smallest absolute Gasteiger partial charge is 0.153 e. The van der Waals surface area contributed by atoms with Crippen LogP contribution in [0.1, 0.15) is 28.9 Å². The molecule has 66 valence electrons. The molecule has 1 aromatic rings. The van der Waals surface area contributed by atoms with Gasteiger partial charge in [0, 0.05) is 6.20 Å². The van der Waals surface area contributed by atoms with Crippen LogP contribution in [-0.2, 0) is 0 Å². The second kappa shape index (κ2) is 3.39. The van der Waals surface area contributed by atoms with Crippen molar-refractivity contribution in [3.05, 3.63) is 35.7 Å². The first-order chi connectivity index (χ1) is 6.42. The van der Waals surface area contributed by atoms with E-state index < -0.39 is 0 Å². The summed E-state index contributed by atoms with van der Waals surface area (Å²) in [7, 11) is 0. The van der Waals surface area contributed by atoms with E-state index in [0.717, 1.165) is 30.4 Å². The number of rotatable bonds is 2. The quantitative estimate of drug-likeness (QED) is 0.696. The van der Waals surface area contributed by atoms with Gasteiger partial charge in [-0.05, 0) is 18.4 Å². The van der Waals surface area contributed by atoms with Crippen molar-refractivity contribution in [2.75, 3.05) is 0 Å². The molecule has 1 aromatic heterocycles. The molecule has 13 heavy (non-hydrogen) atoms. The van der Waals surface area contributed by atoms with Crippen LogP contribution in [0.2, 0.25) is 0 Å². The molecular weight excluding hydrogens is 164 g/mol.